The molecule has 0 amide bonds. The zero-order valence-corrected chi connectivity index (χ0v) is 11.1. The molecule has 0 radical (unpaired) electrons. The van der Waals surface area contributed by atoms with Crippen LogP contribution >= 0.6 is 0 Å². The average Bonchev–Trinajstić information content (AvgIpc) is 2.29. The second-order valence-corrected chi connectivity index (χ2v) is 4.56. The van der Waals surface area contributed by atoms with Gasteiger partial charge in [0.1, 0.15) is 5.75 Å². The van der Waals surface area contributed by atoms with E-state index in [1.54, 1.807) is 7.11 Å². The van der Waals surface area contributed by atoms with Crippen molar-refractivity contribution < 1.29 is 4.74 Å². The van der Waals surface area contributed by atoms with Gasteiger partial charge in [0.15, 0.2) is 0 Å². The summed E-state index contributed by atoms with van der Waals surface area (Å²) >= 11 is 0. The Morgan fingerprint density at radius 3 is 2.71 bits per heavy atom. The zero-order valence-electron chi connectivity index (χ0n) is 11.1. The molecule has 17 heavy (non-hydrogen) atoms. The molecule has 1 atom stereocenters. The molecule has 0 spiro atoms. The Kier molecular flexibility index (Phi) is 6.01. The molecular weight excluding hydrogens is 212 g/mol. The van der Waals surface area contributed by atoms with Crippen LogP contribution in [0.15, 0.2) is 24.3 Å². The number of nitrogens with two attached hydrogens (primary N) is 1. The second-order valence-electron chi connectivity index (χ2n) is 4.56. The third-order valence-corrected chi connectivity index (χ3v) is 2.84. The Morgan fingerprint density at radius 2 is 2.06 bits per heavy atom. The van der Waals surface area contributed by atoms with E-state index in [2.05, 4.69) is 24.9 Å². The van der Waals surface area contributed by atoms with Crippen LogP contribution in [0.5, 0.6) is 5.75 Å². The van der Waals surface area contributed by atoms with Crippen LogP contribution in [-0.4, -0.2) is 31.6 Å². The van der Waals surface area contributed by atoms with E-state index in [4.69, 9.17) is 10.5 Å². The Labute approximate surface area is 105 Å². The van der Waals surface area contributed by atoms with Crippen molar-refractivity contribution in [3.05, 3.63) is 29.8 Å². The minimum absolute atomic E-state index is 0.264. The molecule has 1 rings (SSSR count). The lowest BCUT2D eigenvalue weighted by Crippen LogP contribution is -2.34. The van der Waals surface area contributed by atoms with E-state index in [0.29, 0.717) is 0 Å². The van der Waals surface area contributed by atoms with Gasteiger partial charge in [-0.15, -0.1) is 0 Å². The predicted octanol–water partition coefficient (Wildman–Crippen LogP) is 2.25. The molecule has 1 unspecified atom stereocenters. The molecule has 0 aromatic heterocycles. The van der Waals surface area contributed by atoms with E-state index in [1.165, 1.54) is 5.56 Å². The standard InChI is InChI=1S/C14H24N2O/c1-4-7-13(15)11-16(2)10-12-8-5-6-9-14(12)17-3/h5-6,8-9,13H,4,7,10-11,15H2,1-3H3. The van der Waals surface area contributed by atoms with Crippen LogP contribution in [0.1, 0.15) is 25.3 Å². The topological polar surface area (TPSA) is 38.5 Å². The predicted molar refractivity (Wildman–Crippen MR) is 72.2 cm³/mol. The van der Waals surface area contributed by atoms with Crippen molar-refractivity contribution in [3.8, 4) is 5.75 Å². The van der Waals surface area contributed by atoms with Gasteiger partial charge in [-0.2, -0.15) is 0 Å². The van der Waals surface area contributed by atoms with Crippen LogP contribution in [0.25, 0.3) is 0 Å². The summed E-state index contributed by atoms with van der Waals surface area (Å²) in [7, 11) is 3.81. The van der Waals surface area contributed by atoms with Crippen LogP contribution in [0.4, 0.5) is 0 Å². The van der Waals surface area contributed by atoms with Gasteiger partial charge in [-0.3, -0.25) is 0 Å². The molecule has 1 aromatic rings. The van der Waals surface area contributed by atoms with Crippen LogP contribution in [0.3, 0.4) is 0 Å². The van der Waals surface area contributed by atoms with E-state index < -0.39 is 0 Å². The average molecular weight is 236 g/mol. The Hall–Kier alpha value is -1.06. The molecule has 2 N–H and O–H groups in total. The number of methoxy groups -OCH3 is 1. The number of benzene rings is 1. The first-order valence-electron chi connectivity index (χ1n) is 6.23. The minimum Gasteiger partial charge on any atom is -0.496 e. The molecule has 3 nitrogen and oxygen atoms in total. The number of para-hydroxylation sites is 1. The Morgan fingerprint density at radius 1 is 1.35 bits per heavy atom. The maximum atomic E-state index is 6.04. The van der Waals surface area contributed by atoms with E-state index in [-0.39, 0.29) is 6.04 Å². The molecule has 3 heteroatoms. The Balaban J connectivity index is 2.52. The van der Waals surface area contributed by atoms with Crippen molar-refractivity contribution in [1.29, 1.82) is 0 Å². The molecule has 1 aromatic carbocycles. The van der Waals surface area contributed by atoms with Crippen LogP contribution in [0, 0.1) is 0 Å². The monoisotopic (exact) mass is 236 g/mol. The lowest BCUT2D eigenvalue weighted by atomic mass is 10.1. The number of likely N-dealkylation sites (N-methyl/N-ethyl adjacent to an activating group) is 1. The summed E-state index contributed by atoms with van der Waals surface area (Å²) in [5.41, 5.74) is 7.25. The highest BCUT2D eigenvalue weighted by Gasteiger charge is 2.08. The lowest BCUT2D eigenvalue weighted by Gasteiger charge is -2.21. The first-order valence-corrected chi connectivity index (χ1v) is 6.23. The highest BCUT2D eigenvalue weighted by molar-refractivity contribution is 5.32. The van der Waals surface area contributed by atoms with E-state index >= 15 is 0 Å². The fourth-order valence-corrected chi connectivity index (χ4v) is 2.05. The molecule has 96 valence electrons. The van der Waals surface area contributed by atoms with Crippen molar-refractivity contribution in [3.63, 3.8) is 0 Å². The van der Waals surface area contributed by atoms with Gasteiger partial charge in [0.05, 0.1) is 7.11 Å². The summed E-state index contributed by atoms with van der Waals surface area (Å²) in [4.78, 5) is 2.25. The van der Waals surface area contributed by atoms with Crippen molar-refractivity contribution in [2.24, 2.45) is 5.73 Å². The van der Waals surface area contributed by atoms with Gasteiger partial charge < -0.3 is 15.4 Å². The summed E-state index contributed by atoms with van der Waals surface area (Å²) in [5, 5.41) is 0. The van der Waals surface area contributed by atoms with Gasteiger partial charge in [0.25, 0.3) is 0 Å². The van der Waals surface area contributed by atoms with Crippen molar-refractivity contribution in [2.75, 3.05) is 20.7 Å². The number of hydrogen-bond donors (Lipinski definition) is 1. The van der Waals surface area contributed by atoms with Crippen LogP contribution < -0.4 is 10.5 Å². The molecule has 0 aliphatic heterocycles. The first kappa shape index (κ1) is 14.0. The highest BCUT2D eigenvalue weighted by Crippen LogP contribution is 2.18. The maximum absolute atomic E-state index is 6.04. The van der Waals surface area contributed by atoms with E-state index in [0.717, 1.165) is 31.7 Å². The number of nitrogens with zero attached hydrogens (tertiary/aromatic N) is 1. The molecule has 0 saturated heterocycles. The summed E-state index contributed by atoms with van der Waals surface area (Å²) in [6, 6.07) is 8.39. The first-order chi connectivity index (χ1) is 8.17. The third kappa shape index (κ3) is 4.75. The van der Waals surface area contributed by atoms with Gasteiger partial charge in [0.2, 0.25) is 0 Å². The van der Waals surface area contributed by atoms with Gasteiger partial charge in [-0.1, -0.05) is 31.5 Å². The maximum Gasteiger partial charge on any atom is 0.123 e. The van der Waals surface area contributed by atoms with Gasteiger partial charge in [-0.25, -0.2) is 0 Å². The summed E-state index contributed by atoms with van der Waals surface area (Å²) in [5.74, 6) is 0.948. The highest BCUT2D eigenvalue weighted by atomic mass is 16.5. The molecule has 0 aliphatic carbocycles. The fourth-order valence-electron chi connectivity index (χ4n) is 2.05. The smallest absolute Gasteiger partial charge is 0.123 e. The molecule has 0 aliphatic rings. The lowest BCUT2D eigenvalue weighted by molar-refractivity contribution is 0.291. The van der Waals surface area contributed by atoms with Crippen LogP contribution in [0.2, 0.25) is 0 Å². The SMILES string of the molecule is CCCC(N)CN(C)Cc1ccccc1OC. The number of rotatable bonds is 7. The van der Waals surface area contributed by atoms with E-state index in [9.17, 15) is 0 Å². The summed E-state index contributed by atoms with van der Waals surface area (Å²) in [6.07, 6.45) is 2.22. The quantitative estimate of drug-likeness (QED) is 0.789. The van der Waals surface area contributed by atoms with Gasteiger partial charge in [-0.05, 0) is 19.5 Å². The van der Waals surface area contributed by atoms with Crippen molar-refractivity contribution in [2.45, 2.75) is 32.4 Å². The molecule has 0 saturated carbocycles. The van der Waals surface area contributed by atoms with Crippen molar-refractivity contribution in [1.82, 2.24) is 4.90 Å². The van der Waals surface area contributed by atoms with Crippen LogP contribution in [-0.2, 0) is 6.54 Å². The molecule has 0 bridgehead atoms. The fraction of sp³-hybridized carbons (Fsp3) is 0.571. The number of ether oxygens (including phenoxy) is 1. The summed E-state index contributed by atoms with van der Waals surface area (Å²) in [6.45, 7) is 3.97. The van der Waals surface area contributed by atoms with Gasteiger partial charge in [0, 0.05) is 24.7 Å². The zero-order chi connectivity index (χ0) is 12.7. The summed E-state index contributed by atoms with van der Waals surface area (Å²) < 4.78 is 5.34. The minimum atomic E-state index is 0.264. The largest absolute Gasteiger partial charge is 0.496 e. The van der Waals surface area contributed by atoms with Gasteiger partial charge >= 0.3 is 0 Å². The Bertz CT molecular complexity index is 328. The molecule has 0 heterocycles. The van der Waals surface area contributed by atoms with E-state index in [1.807, 2.05) is 18.2 Å². The third-order valence-electron chi connectivity index (χ3n) is 2.84. The molecule has 0 fully saturated rings. The normalized spacial score (nSPS) is 12.8. The number of hydrogen-bond acceptors (Lipinski definition) is 3. The van der Waals surface area contributed by atoms with Crippen molar-refractivity contribution >= 4 is 0 Å². The second kappa shape index (κ2) is 7.30. The molecular formula is C14H24N2O.